The van der Waals surface area contributed by atoms with Crippen molar-refractivity contribution in [3.63, 3.8) is 0 Å². The number of halogens is 1. The van der Waals surface area contributed by atoms with E-state index < -0.39 is 5.91 Å². The summed E-state index contributed by atoms with van der Waals surface area (Å²) in [5, 5.41) is 4.02. The van der Waals surface area contributed by atoms with Gasteiger partial charge in [0.15, 0.2) is 0 Å². The topological polar surface area (TPSA) is 65.4 Å². The zero-order chi connectivity index (χ0) is 13.8. The molecule has 7 heteroatoms. The molecule has 1 heterocycles. The number of nitrogens with one attached hydrogen (secondary N) is 1. The van der Waals surface area contributed by atoms with Crippen LogP contribution in [0.1, 0.15) is 10.4 Å². The van der Waals surface area contributed by atoms with E-state index in [1.807, 2.05) is 0 Å². The van der Waals surface area contributed by atoms with Gasteiger partial charge >= 0.3 is 0 Å². The largest absolute Gasteiger partial charge is 0.437 e. The second-order valence-corrected chi connectivity index (χ2v) is 3.71. The van der Waals surface area contributed by atoms with Crippen LogP contribution in [0.4, 0.5) is 4.39 Å². The van der Waals surface area contributed by atoms with Gasteiger partial charge in [0.25, 0.3) is 11.8 Å². The molecule has 0 unspecified atom stereocenters. The maximum atomic E-state index is 12.8. The Morgan fingerprint density at radius 3 is 2.68 bits per heavy atom. The molecule has 0 saturated carbocycles. The van der Waals surface area contributed by atoms with Crippen molar-refractivity contribution in [1.82, 2.24) is 15.3 Å². The smallest absolute Gasteiger partial charge is 0.281 e. The average Bonchev–Trinajstić information content (AvgIpc) is 2.74. The minimum absolute atomic E-state index is 0.114. The van der Waals surface area contributed by atoms with Gasteiger partial charge in [0, 0.05) is 13.2 Å². The van der Waals surface area contributed by atoms with Crippen molar-refractivity contribution in [2.75, 3.05) is 7.11 Å². The van der Waals surface area contributed by atoms with Gasteiger partial charge in [-0.25, -0.2) is 9.87 Å². The molecular weight excluding hydrogens is 253 g/mol. The lowest BCUT2D eigenvalue weighted by Gasteiger charge is -2.04. The van der Waals surface area contributed by atoms with Gasteiger partial charge in [-0.1, -0.05) is 0 Å². The third-order valence-corrected chi connectivity index (χ3v) is 2.26. The third kappa shape index (κ3) is 3.08. The summed E-state index contributed by atoms with van der Waals surface area (Å²) < 4.78 is 19.7. The fourth-order valence-electron chi connectivity index (χ4n) is 1.46. The van der Waals surface area contributed by atoms with Gasteiger partial charge in [0.05, 0.1) is 7.11 Å². The average molecular weight is 265 g/mol. The number of amides is 1. The zero-order valence-corrected chi connectivity index (χ0v) is 10.4. The van der Waals surface area contributed by atoms with Gasteiger partial charge in [-0.15, -0.1) is 5.10 Å². The number of rotatable bonds is 4. The number of hydrogen-bond acceptors (Lipinski definition) is 4. The Morgan fingerprint density at radius 2 is 2.05 bits per heavy atom. The third-order valence-electron chi connectivity index (χ3n) is 2.26. The van der Waals surface area contributed by atoms with Crippen LogP contribution < -0.4 is 10.2 Å². The molecule has 6 nitrogen and oxygen atoms in total. The summed E-state index contributed by atoms with van der Waals surface area (Å²) in [6.07, 6.45) is 1.49. The van der Waals surface area contributed by atoms with Gasteiger partial charge in [0.2, 0.25) is 0 Å². The first-order valence-electron chi connectivity index (χ1n) is 5.40. The van der Waals surface area contributed by atoms with E-state index in [1.165, 1.54) is 42.3 Å². The maximum absolute atomic E-state index is 12.8. The highest BCUT2D eigenvalue weighted by Gasteiger charge is 2.17. The first-order valence-corrected chi connectivity index (χ1v) is 5.40. The molecule has 2 aromatic rings. The van der Waals surface area contributed by atoms with E-state index in [4.69, 9.17) is 4.74 Å². The Balaban J connectivity index is 2.24. The summed E-state index contributed by atoms with van der Waals surface area (Å²) in [7, 11) is 2.98. The molecule has 0 aliphatic rings. The number of hydrogen-bond donors (Lipinski definition) is 1. The van der Waals surface area contributed by atoms with Crippen molar-refractivity contribution in [3.05, 3.63) is 41.8 Å². The van der Waals surface area contributed by atoms with Crippen molar-refractivity contribution in [1.29, 1.82) is 0 Å². The van der Waals surface area contributed by atoms with Crippen molar-refractivity contribution >= 4 is 5.91 Å². The first kappa shape index (κ1) is 13.0. The Labute approximate surface area is 108 Å². The van der Waals surface area contributed by atoms with Crippen LogP contribution in [0.25, 0.3) is 0 Å². The minimum Gasteiger partial charge on any atom is -0.437 e. The molecule has 0 aliphatic heterocycles. The van der Waals surface area contributed by atoms with Crippen LogP contribution in [0.2, 0.25) is 0 Å². The molecule has 0 bridgehead atoms. The normalized spacial score (nSPS) is 10.3. The molecule has 0 saturated heterocycles. The van der Waals surface area contributed by atoms with Crippen LogP contribution in [0, 0.1) is 5.82 Å². The second-order valence-electron chi connectivity index (χ2n) is 3.71. The molecule has 1 amide bonds. The molecule has 1 N–H and O–H groups in total. The molecule has 100 valence electrons. The molecule has 0 aliphatic carbocycles. The summed E-state index contributed by atoms with van der Waals surface area (Å²) in [6.45, 7) is 0. The number of nitrogens with zero attached hydrogens (tertiary/aromatic N) is 2. The van der Waals surface area contributed by atoms with Gasteiger partial charge in [0.1, 0.15) is 17.1 Å². The van der Waals surface area contributed by atoms with Crippen LogP contribution in [0.5, 0.6) is 11.6 Å². The van der Waals surface area contributed by atoms with E-state index in [0.29, 0.717) is 5.75 Å². The number of ether oxygens (including phenoxy) is 1. The van der Waals surface area contributed by atoms with E-state index in [2.05, 4.69) is 15.4 Å². The highest BCUT2D eigenvalue weighted by Crippen LogP contribution is 2.23. The van der Waals surface area contributed by atoms with Crippen LogP contribution in [-0.4, -0.2) is 22.8 Å². The molecule has 0 spiro atoms. The summed E-state index contributed by atoms with van der Waals surface area (Å²) >= 11 is 0. The molecule has 0 fully saturated rings. The number of hydroxylamine groups is 1. The van der Waals surface area contributed by atoms with Crippen molar-refractivity contribution in [2.45, 2.75) is 0 Å². The van der Waals surface area contributed by atoms with Gasteiger partial charge in [-0.05, 0) is 24.3 Å². The zero-order valence-electron chi connectivity index (χ0n) is 10.4. The van der Waals surface area contributed by atoms with Crippen LogP contribution >= 0.6 is 0 Å². The number of carbonyl (C=O) groups is 1. The second kappa shape index (κ2) is 5.49. The lowest BCUT2D eigenvalue weighted by molar-refractivity contribution is 0.0535. The van der Waals surface area contributed by atoms with Crippen molar-refractivity contribution < 1.29 is 18.8 Å². The van der Waals surface area contributed by atoms with Crippen LogP contribution in [0.3, 0.4) is 0 Å². The number of benzene rings is 1. The fourth-order valence-corrected chi connectivity index (χ4v) is 1.46. The molecular formula is C12H12FN3O3. The van der Waals surface area contributed by atoms with Gasteiger partial charge in [-0.3, -0.25) is 14.3 Å². The molecule has 1 aromatic carbocycles. The standard InChI is InChI=1S/C12H12FN3O3/c1-16-7-10(11(17)15-18-2)12(14-16)19-9-5-3-8(13)4-6-9/h3-7H,1-2H3,(H,15,17). The molecule has 0 radical (unpaired) electrons. The lowest BCUT2D eigenvalue weighted by atomic mass is 10.3. The van der Waals surface area contributed by atoms with Crippen LogP contribution in [-0.2, 0) is 11.9 Å². The highest BCUT2D eigenvalue weighted by molar-refractivity contribution is 5.95. The van der Waals surface area contributed by atoms with E-state index in [-0.39, 0.29) is 17.3 Å². The van der Waals surface area contributed by atoms with Gasteiger partial charge < -0.3 is 4.74 Å². The van der Waals surface area contributed by atoms with Gasteiger partial charge in [-0.2, -0.15) is 0 Å². The first-order chi connectivity index (χ1) is 9.10. The monoisotopic (exact) mass is 265 g/mol. The van der Waals surface area contributed by atoms with Crippen LogP contribution in [0.15, 0.2) is 30.5 Å². The summed E-state index contributed by atoms with van der Waals surface area (Å²) in [6, 6.07) is 5.41. The Bertz CT molecular complexity index is 580. The predicted molar refractivity (Wildman–Crippen MR) is 64.2 cm³/mol. The SMILES string of the molecule is CONC(=O)c1cn(C)nc1Oc1ccc(F)cc1. The summed E-state index contributed by atoms with van der Waals surface area (Å²) in [5.41, 5.74) is 2.39. The highest BCUT2D eigenvalue weighted by atomic mass is 19.1. The van der Waals surface area contributed by atoms with E-state index in [9.17, 15) is 9.18 Å². The minimum atomic E-state index is -0.479. The number of aryl methyl sites for hydroxylation is 1. The van der Waals surface area contributed by atoms with E-state index in [1.54, 1.807) is 7.05 Å². The molecule has 0 atom stereocenters. The van der Waals surface area contributed by atoms with E-state index >= 15 is 0 Å². The van der Waals surface area contributed by atoms with Crippen molar-refractivity contribution in [3.8, 4) is 11.6 Å². The Kier molecular flexibility index (Phi) is 3.76. The molecule has 19 heavy (non-hydrogen) atoms. The van der Waals surface area contributed by atoms with Crippen molar-refractivity contribution in [2.24, 2.45) is 7.05 Å². The Hall–Kier alpha value is -2.41. The fraction of sp³-hybridized carbons (Fsp3) is 0.167. The predicted octanol–water partition coefficient (Wildman–Crippen LogP) is 1.64. The number of aromatic nitrogens is 2. The lowest BCUT2D eigenvalue weighted by Crippen LogP contribution is -2.21. The molecule has 1 aromatic heterocycles. The summed E-state index contributed by atoms with van der Waals surface area (Å²) in [5.74, 6) is -0.353. The van der Waals surface area contributed by atoms with E-state index in [0.717, 1.165) is 0 Å². The number of carbonyl (C=O) groups excluding carboxylic acids is 1. The summed E-state index contributed by atoms with van der Waals surface area (Å²) in [4.78, 5) is 16.2. The molecule has 2 rings (SSSR count). The maximum Gasteiger partial charge on any atom is 0.281 e. The quantitative estimate of drug-likeness (QED) is 0.853. The Morgan fingerprint density at radius 1 is 1.37 bits per heavy atom.